The smallest absolute Gasteiger partial charge is 0.340 e. The van der Waals surface area contributed by atoms with Crippen LogP contribution in [0.2, 0.25) is 5.02 Å². The molecule has 0 amide bonds. The van der Waals surface area contributed by atoms with E-state index in [2.05, 4.69) is 13.8 Å². The van der Waals surface area contributed by atoms with E-state index in [9.17, 15) is 4.79 Å². The van der Waals surface area contributed by atoms with Crippen LogP contribution in [-0.4, -0.2) is 5.97 Å². The molecule has 0 bridgehead atoms. The summed E-state index contributed by atoms with van der Waals surface area (Å²) in [6.45, 7) is 4.48. The first-order valence-electron chi connectivity index (χ1n) is 6.78. The van der Waals surface area contributed by atoms with Gasteiger partial charge >= 0.3 is 5.97 Å². The van der Waals surface area contributed by atoms with Crippen molar-refractivity contribution in [2.24, 2.45) is 0 Å². The zero-order chi connectivity index (χ0) is 15.4. The third-order valence-electron chi connectivity index (χ3n) is 3.23. The van der Waals surface area contributed by atoms with E-state index in [1.54, 1.807) is 12.1 Å². The van der Waals surface area contributed by atoms with Crippen molar-refractivity contribution in [2.45, 2.75) is 26.4 Å². The summed E-state index contributed by atoms with van der Waals surface area (Å²) in [6.07, 6.45) is 0. The van der Waals surface area contributed by atoms with E-state index < -0.39 is 5.97 Å². The molecule has 0 fully saturated rings. The molecule has 2 aromatic rings. The van der Waals surface area contributed by atoms with Crippen molar-refractivity contribution < 1.29 is 9.53 Å². The molecule has 0 atom stereocenters. The maximum Gasteiger partial charge on any atom is 0.340 e. The summed E-state index contributed by atoms with van der Waals surface area (Å²) in [5, 5.41) is 0.337. The van der Waals surface area contributed by atoms with Crippen molar-refractivity contribution in [3.05, 3.63) is 64.2 Å². The average molecular weight is 304 g/mol. The summed E-state index contributed by atoms with van der Waals surface area (Å²) in [6, 6.07) is 12.8. The van der Waals surface area contributed by atoms with Crippen molar-refractivity contribution in [3.63, 3.8) is 0 Å². The largest absolute Gasteiger partial charge is 0.457 e. The van der Waals surface area contributed by atoms with Gasteiger partial charge in [0.1, 0.15) is 6.61 Å². The van der Waals surface area contributed by atoms with Crippen LogP contribution in [0.5, 0.6) is 0 Å². The van der Waals surface area contributed by atoms with Gasteiger partial charge in [0.25, 0.3) is 0 Å². The van der Waals surface area contributed by atoms with Gasteiger partial charge in [-0.15, -0.1) is 0 Å². The van der Waals surface area contributed by atoms with Crippen LogP contribution in [0.3, 0.4) is 0 Å². The minimum Gasteiger partial charge on any atom is -0.457 e. The molecule has 0 aliphatic rings. The predicted molar refractivity (Wildman–Crippen MR) is 85.5 cm³/mol. The Morgan fingerprint density at radius 1 is 1.19 bits per heavy atom. The van der Waals surface area contributed by atoms with Crippen LogP contribution in [-0.2, 0) is 11.3 Å². The van der Waals surface area contributed by atoms with Gasteiger partial charge in [0.15, 0.2) is 0 Å². The fraction of sp³-hybridized carbons (Fsp3) is 0.235. The van der Waals surface area contributed by atoms with Gasteiger partial charge in [0.05, 0.1) is 10.6 Å². The molecule has 21 heavy (non-hydrogen) atoms. The topological polar surface area (TPSA) is 52.3 Å². The highest BCUT2D eigenvalue weighted by molar-refractivity contribution is 6.33. The Kier molecular flexibility index (Phi) is 4.86. The monoisotopic (exact) mass is 303 g/mol. The minimum atomic E-state index is -0.472. The predicted octanol–water partition coefficient (Wildman–Crippen LogP) is 4.40. The molecule has 0 heterocycles. The fourth-order valence-corrected chi connectivity index (χ4v) is 2.12. The summed E-state index contributed by atoms with van der Waals surface area (Å²) in [5.74, 6) is 0.00735. The lowest BCUT2D eigenvalue weighted by Crippen LogP contribution is -2.06. The molecular weight excluding hydrogens is 286 g/mol. The Morgan fingerprint density at radius 3 is 2.48 bits per heavy atom. The van der Waals surface area contributed by atoms with Gasteiger partial charge in [-0.1, -0.05) is 49.7 Å². The quantitative estimate of drug-likeness (QED) is 0.672. The van der Waals surface area contributed by atoms with Gasteiger partial charge in [-0.2, -0.15) is 0 Å². The Hall–Kier alpha value is -2.00. The summed E-state index contributed by atoms with van der Waals surface area (Å²) in [4.78, 5) is 12.0. The van der Waals surface area contributed by atoms with E-state index in [4.69, 9.17) is 22.1 Å². The zero-order valence-corrected chi connectivity index (χ0v) is 12.9. The van der Waals surface area contributed by atoms with Gasteiger partial charge in [0.2, 0.25) is 0 Å². The van der Waals surface area contributed by atoms with Crippen molar-refractivity contribution in [3.8, 4) is 0 Å². The van der Waals surface area contributed by atoms with Crippen LogP contribution < -0.4 is 5.73 Å². The summed E-state index contributed by atoms with van der Waals surface area (Å²) in [5.41, 5.74) is 8.61. The van der Waals surface area contributed by atoms with Gasteiger partial charge in [0, 0.05) is 5.69 Å². The molecule has 110 valence electrons. The molecule has 2 N–H and O–H groups in total. The van der Waals surface area contributed by atoms with Crippen molar-refractivity contribution in [2.75, 3.05) is 5.73 Å². The lowest BCUT2D eigenvalue weighted by molar-refractivity contribution is 0.0473. The highest BCUT2D eigenvalue weighted by Gasteiger charge is 2.12. The van der Waals surface area contributed by atoms with E-state index >= 15 is 0 Å². The van der Waals surface area contributed by atoms with E-state index in [0.29, 0.717) is 16.6 Å². The van der Waals surface area contributed by atoms with Gasteiger partial charge in [-0.25, -0.2) is 4.79 Å². The molecule has 0 aromatic heterocycles. The van der Waals surface area contributed by atoms with Crippen LogP contribution in [0.4, 0.5) is 5.69 Å². The second-order valence-corrected chi connectivity index (χ2v) is 5.62. The van der Waals surface area contributed by atoms with Crippen molar-refractivity contribution in [1.82, 2.24) is 0 Å². The summed E-state index contributed by atoms with van der Waals surface area (Å²) < 4.78 is 5.27. The Labute approximate surface area is 129 Å². The lowest BCUT2D eigenvalue weighted by Gasteiger charge is -2.09. The van der Waals surface area contributed by atoms with Gasteiger partial charge < -0.3 is 10.5 Å². The highest BCUT2D eigenvalue weighted by Crippen LogP contribution is 2.20. The van der Waals surface area contributed by atoms with Gasteiger partial charge in [-0.3, -0.25) is 0 Å². The molecule has 0 saturated carbocycles. The van der Waals surface area contributed by atoms with Crippen LogP contribution in [0, 0.1) is 0 Å². The number of nitrogen functional groups attached to an aromatic ring is 1. The van der Waals surface area contributed by atoms with E-state index in [0.717, 1.165) is 5.56 Å². The number of benzene rings is 2. The molecule has 2 rings (SSSR count). The summed E-state index contributed by atoms with van der Waals surface area (Å²) in [7, 11) is 0. The first-order valence-corrected chi connectivity index (χ1v) is 7.16. The van der Waals surface area contributed by atoms with E-state index in [-0.39, 0.29) is 12.2 Å². The molecule has 3 nitrogen and oxygen atoms in total. The number of hydrogen-bond acceptors (Lipinski definition) is 3. The van der Waals surface area contributed by atoms with E-state index in [1.165, 1.54) is 11.6 Å². The maximum absolute atomic E-state index is 12.0. The third-order valence-corrected chi connectivity index (χ3v) is 3.56. The van der Waals surface area contributed by atoms with Crippen molar-refractivity contribution in [1.29, 1.82) is 0 Å². The molecule has 2 aromatic carbocycles. The number of esters is 1. The standard InChI is InChI=1S/C17H18ClNO2/c1-11(2)13-5-3-12(4-6-13)10-21-17(20)15-9-14(19)7-8-16(15)18/h3-9,11H,10,19H2,1-2H3. The molecule has 0 aliphatic heterocycles. The number of carbonyl (C=O) groups excluding carboxylic acids is 1. The normalized spacial score (nSPS) is 10.7. The molecule has 4 heteroatoms. The van der Waals surface area contributed by atoms with E-state index in [1.807, 2.05) is 24.3 Å². The second kappa shape index (κ2) is 6.64. The minimum absolute atomic E-state index is 0.211. The van der Waals surface area contributed by atoms with Crippen LogP contribution in [0.15, 0.2) is 42.5 Å². The van der Waals surface area contributed by atoms with Gasteiger partial charge in [-0.05, 0) is 35.2 Å². The first-order chi connectivity index (χ1) is 9.97. The first kappa shape index (κ1) is 15.4. The number of carbonyl (C=O) groups is 1. The summed E-state index contributed by atoms with van der Waals surface area (Å²) >= 11 is 5.97. The molecular formula is C17H18ClNO2. The number of rotatable bonds is 4. The Bertz CT molecular complexity index is 636. The molecule has 0 saturated heterocycles. The van der Waals surface area contributed by atoms with Crippen LogP contribution in [0.25, 0.3) is 0 Å². The lowest BCUT2D eigenvalue weighted by atomic mass is 10.0. The number of anilines is 1. The number of nitrogens with two attached hydrogens (primary N) is 1. The second-order valence-electron chi connectivity index (χ2n) is 5.21. The SMILES string of the molecule is CC(C)c1ccc(COC(=O)c2cc(N)ccc2Cl)cc1. The molecule has 0 radical (unpaired) electrons. The Balaban J connectivity index is 2.02. The van der Waals surface area contributed by atoms with Crippen LogP contribution >= 0.6 is 11.6 Å². The number of halogens is 1. The van der Waals surface area contributed by atoms with Crippen LogP contribution in [0.1, 0.15) is 41.3 Å². The number of ether oxygens (including phenoxy) is 1. The fourth-order valence-electron chi connectivity index (χ4n) is 1.92. The third kappa shape index (κ3) is 3.99. The molecule has 0 unspecified atom stereocenters. The van der Waals surface area contributed by atoms with Crippen molar-refractivity contribution >= 4 is 23.3 Å². The number of hydrogen-bond donors (Lipinski definition) is 1. The molecule has 0 aliphatic carbocycles. The Morgan fingerprint density at radius 2 is 1.86 bits per heavy atom. The average Bonchev–Trinajstić information content (AvgIpc) is 2.47. The molecule has 0 spiro atoms. The zero-order valence-electron chi connectivity index (χ0n) is 12.1. The highest BCUT2D eigenvalue weighted by atomic mass is 35.5. The maximum atomic E-state index is 12.0.